The third-order valence-corrected chi connectivity index (χ3v) is 2.44. The van der Waals surface area contributed by atoms with Crippen molar-refractivity contribution < 1.29 is 23.3 Å². The van der Waals surface area contributed by atoms with E-state index in [1.807, 2.05) is 0 Å². The highest BCUT2D eigenvalue weighted by molar-refractivity contribution is 5.94. The quantitative estimate of drug-likeness (QED) is 0.597. The zero-order valence-electron chi connectivity index (χ0n) is 9.06. The molecule has 1 amide bonds. The van der Waals surface area contributed by atoms with Gasteiger partial charge in [0.15, 0.2) is 0 Å². The van der Waals surface area contributed by atoms with Crippen LogP contribution in [0, 0.1) is 21.7 Å². The van der Waals surface area contributed by atoms with Crippen LogP contribution in [0.15, 0.2) is 12.1 Å². The second-order valence-electron chi connectivity index (χ2n) is 3.63. The van der Waals surface area contributed by atoms with E-state index in [2.05, 4.69) is 0 Å². The summed E-state index contributed by atoms with van der Waals surface area (Å²) in [6.45, 7) is 0.597. The fraction of sp³-hybridized carbons (Fsp3) is 0.300. The minimum Gasteiger partial charge on any atom is -0.271 e. The summed E-state index contributed by atoms with van der Waals surface area (Å²) in [5, 5.41) is 11.3. The predicted molar refractivity (Wildman–Crippen MR) is 54.6 cm³/mol. The van der Waals surface area contributed by atoms with E-state index in [-0.39, 0.29) is 6.54 Å². The van der Waals surface area contributed by atoms with Gasteiger partial charge in [0.1, 0.15) is 5.82 Å². The van der Waals surface area contributed by atoms with Gasteiger partial charge in [-0.25, -0.2) is 9.45 Å². The molecule has 0 bridgehead atoms. The van der Waals surface area contributed by atoms with Crippen molar-refractivity contribution in [2.75, 3.05) is 13.2 Å². The van der Waals surface area contributed by atoms with E-state index in [1.165, 1.54) is 0 Å². The average Bonchev–Trinajstić information content (AvgIpc) is 2.84. The third-order valence-electron chi connectivity index (χ3n) is 2.44. The number of nitro benzene ring substituents is 1. The molecule has 8 heteroatoms. The van der Waals surface area contributed by atoms with Crippen LogP contribution in [0.3, 0.4) is 0 Å². The zero-order valence-corrected chi connectivity index (χ0v) is 9.06. The Morgan fingerprint density at radius 2 is 2.11 bits per heavy atom. The van der Waals surface area contributed by atoms with Gasteiger partial charge in [-0.15, -0.1) is 0 Å². The predicted octanol–water partition coefficient (Wildman–Crippen LogP) is 1.65. The highest BCUT2D eigenvalue weighted by Gasteiger charge is 2.27. The minimum atomic E-state index is -1.26. The van der Waals surface area contributed by atoms with E-state index in [1.54, 1.807) is 0 Å². The molecule has 1 aromatic rings. The summed E-state index contributed by atoms with van der Waals surface area (Å²) in [5.74, 6) is -3.26. The highest BCUT2D eigenvalue weighted by atomic mass is 19.1. The van der Waals surface area contributed by atoms with E-state index in [9.17, 15) is 23.7 Å². The van der Waals surface area contributed by atoms with Gasteiger partial charge in [0.25, 0.3) is 5.91 Å². The zero-order chi connectivity index (χ0) is 13.3. The van der Waals surface area contributed by atoms with E-state index >= 15 is 0 Å². The van der Waals surface area contributed by atoms with Crippen molar-refractivity contribution in [3.8, 4) is 0 Å². The number of rotatable bonds is 2. The molecule has 0 atom stereocenters. The van der Waals surface area contributed by atoms with Crippen LogP contribution >= 0.6 is 0 Å². The number of carbonyl (C=O) groups excluding carboxylic acids is 1. The van der Waals surface area contributed by atoms with Gasteiger partial charge in [-0.1, -0.05) is 0 Å². The van der Waals surface area contributed by atoms with Crippen LogP contribution < -0.4 is 0 Å². The van der Waals surface area contributed by atoms with Crippen LogP contribution in [0.5, 0.6) is 0 Å². The molecule has 1 heterocycles. The van der Waals surface area contributed by atoms with Crippen LogP contribution in [0.4, 0.5) is 14.5 Å². The number of hydroxylamine groups is 2. The number of nitro groups is 1. The Labute approximate surface area is 99.9 Å². The summed E-state index contributed by atoms with van der Waals surface area (Å²) in [4.78, 5) is 26.0. The van der Waals surface area contributed by atoms with Gasteiger partial charge in [0, 0.05) is 0 Å². The summed E-state index contributed by atoms with van der Waals surface area (Å²) in [6.07, 6.45) is 0.600. The molecule has 18 heavy (non-hydrogen) atoms. The van der Waals surface area contributed by atoms with Crippen molar-refractivity contribution >= 4 is 11.6 Å². The number of carbonyl (C=O) groups is 1. The van der Waals surface area contributed by atoms with Gasteiger partial charge < -0.3 is 0 Å². The fourth-order valence-corrected chi connectivity index (χ4v) is 1.58. The molecule has 1 aromatic carbocycles. The van der Waals surface area contributed by atoms with Crippen molar-refractivity contribution in [3.63, 3.8) is 0 Å². The Bertz CT molecular complexity index is 515. The van der Waals surface area contributed by atoms with Crippen molar-refractivity contribution in [1.82, 2.24) is 5.06 Å². The lowest BCUT2D eigenvalue weighted by Crippen LogP contribution is -2.27. The Morgan fingerprint density at radius 1 is 1.39 bits per heavy atom. The topological polar surface area (TPSA) is 72.7 Å². The lowest BCUT2D eigenvalue weighted by molar-refractivity contribution is -0.387. The number of hydrogen-bond donors (Lipinski definition) is 0. The maximum absolute atomic E-state index is 13.5. The fourth-order valence-electron chi connectivity index (χ4n) is 1.58. The van der Waals surface area contributed by atoms with Crippen molar-refractivity contribution in [2.45, 2.75) is 6.42 Å². The van der Waals surface area contributed by atoms with Crippen LogP contribution in [-0.4, -0.2) is 29.0 Å². The number of nitrogens with zero attached hydrogens (tertiary/aromatic N) is 2. The van der Waals surface area contributed by atoms with Crippen LogP contribution in [-0.2, 0) is 4.84 Å². The van der Waals surface area contributed by atoms with Crippen LogP contribution in [0.1, 0.15) is 16.8 Å². The summed E-state index contributed by atoms with van der Waals surface area (Å²) in [5.41, 5.74) is -1.59. The normalized spacial score (nSPS) is 14.9. The molecule has 0 aromatic heterocycles. The highest BCUT2D eigenvalue weighted by Crippen LogP contribution is 2.23. The first kappa shape index (κ1) is 12.4. The lowest BCUT2D eigenvalue weighted by Gasteiger charge is -2.14. The summed E-state index contributed by atoms with van der Waals surface area (Å²) in [7, 11) is 0. The standard InChI is InChI=1S/C10H8F2N2O4/c11-7-5-9(14(16)17)8(12)4-6(7)10(15)13-2-1-3-18-13/h4-5H,1-3H2. The van der Waals surface area contributed by atoms with Crippen molar-refractivity contribution in [1.29, 1.82) is 0 Å². The summed E-state index contributed by atoms with van der Waals surface area (Å²) >= 11 is 0. The molecule has 0 spiro atoms. The second kappa shape index (κ2) is 4.65. The molecule has 2 rings (SSSR count). The van der Waals surface area contributed by atoms with E-state index in [0.29, 0.717) is 25.2 Å². The van der Waals surface area contributed by atoms with E-state index in [4.69, 9.17) is 4.84 Å². The Kier molecular flexibility index (Phi) is 3.19. The molecule has 6 nitrogen and oxygen atoms in total. The first-order valence-corrected chi connectivity index (χ1v) is 5.09. The van der Waals surface area contributed by atoms with E-state index in [0.717, 1.165) is 5.06 Å². The van der Waals surface area contributed by atoms with Gasteiger partial charge in [-0.05, 0) is 12.5 Å². The molecule has 1 fully saturated rings. The number of amides is 1. The molecule has 0 aliphatic carbocycles. The molecular weight excluding hydrogens is 250 g/mol. The van der Waals surface area contributed by atoms with Gasteiger partial charge in [-0.3, -0.25) is 19.7 Å². The first-order chi connectivity index (χ1) is 8.50. The molecule has 96 valence electrons. The van der Waals surface area contributed by atoms with Gasteiger partial charge in [0.05, 0.1) is 29.7 Å². The Hall–Kier alpha value is -2.09. The van der Waals surface area contributed by atoms with Gasteiger partial charge >= 0.3 is 5.69 Å². The number of hydrogen-bond acceptors (Lipinski definition) is 4. The third kappa shape index (κ3) is 2.14. The monoisotopic (exact) mass is 258 g/mol. The Morgan fingerprint density at radius 3 is 2.67 bits per heavy atom. The first-order valence-electron chi connectivity index (χ1n) is 5.09. The number of halogens is 2. The van der Waals surface area contributed by atoms with Crippen molar-refractivity contribution in [2.24, 2.45) is 0 Å². The maximum Gasteiger partial charge on any atom is 0.307 e. The van der Waals surface area contributed by atoms with Gasteiger partial charge in [-0.2, -0.15) is 4.39 Å². The molecule has 0 radical (unpaired) electrons. The average molecular weight is 258 g/mol. The summed E-state index contributed by atoms with van der Waals surface area (Å²) in [6, 6.07) is 0.899. The minimum absolute atomic E-state index is 0.275. The van der Waals surface area contributed by atoms with Crippen LogP contribution in [0.2, 0.25) is 0 Å². The molecule has 1 saturated heterocycles. The maximum atomic E-state index is 13.5. The molecule has 0 N–H and O–H groups in total. The smallest absolute Gasteiger partial charge is 0.271 e. The molecular formula is C10H8F2N2O4. The molecule has 1 aliphatic rings. The van der Waals surface area contributed by atoms with E-state index < -0.39 is 33.7 Å². The van der Waals surface area contributed by atoms with Crippen LogP contribution in [0.25, 0.3) is 0 Å². The molecule has 0 unspecified atom stereocenters. The SMILES string of the molecule is O=C(c1cc(F)c([N+](=O)[O-])cc1F)N1CCCO1. The largest absolute Gasteiger partial charge is 0.307 e. The summed E-state index contributed by atoms with van der Waals surface area (Å²) < 4.78 is 26.8. The second-order valence-corrected chi connectivity index (χ2v) is 3.63. The Balaban J connectivity index is 2.36. The van der Waals surface area contributed by atoms with Gasteiger partial charge in [0.2, 0.25) is 5.82 Å². The molecule has 1 aliphatic heterocycles. The lowest BCUT2D eigenvalue weighted by atomic mass is 10.1. The van der Waals surface area contributed by atoms with Crippen molar-refractivity contribution in [3.05, 3.63) is 39.4 Å². The number of benzene rings is 1. The molecule has 0 saturated carbocycles.